The Labute approximate surface area is 117 Å². The molecular formula is C16H28N2O. The first-order valence-corrected chi connectivity index (χ1v) is 7.07. The highest BCUT2D eigenvalue weighted by atomic mass is 16.5. The lowest BCUT2D eigenvalue weighted by Crippen LogP contribution is -2.22. The van der Waals surface area contributed by atoms with Gasteiger partial charge in [-0.25, -0.2) is 0 Å². The monoisotopic (exact) mass is 264 g/mol. The summed E-state index contributed by atoms with van der Waals surface area (Å²) in [6.45, 7) is 8.00. The summed E-state index contributed by atoms with van der Waals surface area (Å²) in [7, 11) is 4.11. The van der Waals surface area contributed by atoms with Gasteiger partial charge in [-0.15, -0.1) is 0 Å². The summed E-state index contributed by atoms with van der Waals surface area (Å²) in [5.74, 6) is 1.02. The number of nitrogens with two attached hydrogens (primary N) is 1. The molecule has 0 bridgehead atoms. The van der Waals surface area contributed by atoms with Crippen LogP contribution in [0, 0.1) is 13.8 Å². The predicted octanol–water partition coefficient (Wildman–Crippen LogP) is 2.52. The molecule has 0 saturated carbocycles. The summed E-state index contributed by atoms with van der Waals surface area (Å²) in [6, 6.07) is 4.65. The van der Waals surface area contributed by atoms with E-state index in [-0.39, 0.29) is 6.04 Å². The SMILES string of the molecule is CCC(N)Cc1cc(C)c(OCCN(C)C)c(C)c1. The van der Waals surface area contributed by atoms with E-state index >= 15 is 0 Å². The molecule has 0 amide bonds. The van der Waals surface area contributed by atoms with Gasteiger partial charge in [-0.1, -0.05) is 19.1 Å². The highest BCUT2D eigenvalue weighted by Gasteiger charge is 2.09. The zero-order valence-corrected chi connectivity index (χ0v) is 13.0. The molecule has 108 valence electrons. The first kappa shape index (κ1) is 16.0. The van der Waals surface area contributed by atoms with Gasteiger partial charge in [0.1, 0.15) is 12.4 Å². The minimum absolute atomic E-state index is 0.249. The van der Waals surface area contributed by atoms with E-state index in [9.17, 15) is 0 Å². The number of ether oxygens (including phenoxy) is 1. The van der Waals surface area contributed by atoms with E-state index in [1.807, 2.05) is 0 Å². The van der Waals surface area contributed by atoms with Crippen LogP contribution in [0.15, 0.2) is 12.1 Å². The summed E-state index contributed by atoms with van der Waals surface area (Å²) in [4.78, 5) is 2.12. The van der Waals surface area contributed by atoms with Crippen molar-refractivity contribution in [3.8, 4) is 5.75 Å². The second kappa shape index (κ2) is 7.51. The molecule has 1 aromatic carbocycles. The Morgan fingerprint density at radius 2 is 1.79 bits per heavy atom. The maximum atomic E-state index is 6.02. The molecule has 0 aliphatic carbocycles. The quantitative estimate of drug-likeness (QED) is 0.822. The maximum absolute atomic E-state index is 6.02. The Morgan fingerprint density at radius 1 is 1.21 bits per heavy atom. The van der Waals surface area contributed by atoms with Crippen molar-refractivity contribution in [3.05, 3.63) is 28.8 Å². The number of benzene rings is 1. The highest BCUT2D eigenvalue weighted by molar-refractivity contribution is 5.43. The molecule has 1 rings (SSSR count). The molecule has 1 atom stereocenters. The second-order valence-corrected chi connectivity index (χ2v) is 5.58. The summed E-state index contributed by atoms with van der Waals surface area (Å²) in [5, 5.41) is 0. The van der Waals surface area contributed by atoms with Crippen LogP contribution in [-0.4, -0.2) is 38.2 Å². The van der Waals surface area contributed by atoms with Gasteiger partial charge in [0.05, 0.1) is 0 Å². The van der Waals surface area contributed by atoms with E-state index in [2.05, 4.69) is 51.9 Å². The molecule has 19 heavy (non-hydrogen) atoms. The standard InChI is InChI=1S/C16H28N2O/c1-6-15(17)11-14-9-12(2)16(13(3)10-14)19-8-7-18(4)5/h9-10,15H,6-8,11,17H2,1-5H3. The zero-order valence-electron chi connectivity index (χ0n) is 13.0. The molecule has 0 aromatic heterocycles. The van der Waals surface area contributed by atoms with Crippen LogP contribution in [-0.2, 0) is 6.42 Å². The van der Waals surface area contributed by atoms with Crippen molar-refractivity contribution in [1.82, 2.24) is 4.90 Å². The van der Waals surface area contributed by atoms with E-state index in [1.165, 1.54) is 16.7 Å². The third kappa shape index (κ3) is 5.21. The topological polar surface area (TPSA) is 38.5 Å². The largest absolute Gasteiger partial charge is 0.492 e. The van der Waals surface area contributed by atoms with Crippen molar-refractivity contribution < 1.29 is 4.74 Å². The fourth-order valence-corrected chi connectivity index (χ4v) is 2.16. The van der Waals surface area contributed by atoms with Gasteiger partial charge in [-0.05, 0) is 57.5 Å². The van der Waals surface area contributed by atoms with Crippen molar-refractivity contribution in [1.29, 1.82) is 0 Å². The highest BCUT2D eigenvalue weighted by Crippen LogP contribution is 2.25. The van der Waals surface area contributed by atoms with Gasteiger partial charge in [0.25, 0.3) is 0 Å². The first-order valence-electron chi connectivity index (χ1n) is 7.07. The lowest BCUT2D eigenvalue weighted by molar-refractivity contribution is 0.259. The van der Waals surface area contributed by atoms with Crippen molar-refractivity contribution in [2.45, 2.75) is 39.7 Å². The number of likely N-dealkylation sites (N-methyl/N-ethyl adjacent to an activating group) is 1. The third-order valence-electron chi connectivity index (χ3n) is 3.33. The van der Waals surface area contributed by atoms with Crippen molar-refractivity contribution >= 4 is 0 Å². The molecule has 0 heterocycles. The van der Waals surface area contributed by atoms with Crippen LogP contribution in [0.4, 0.5) is 0 Å². The third-order valence-corrected chi connectivity index (χ3v) is 3.33. The van der Waals surface area contributed by atoms with Crippen LogP contribution < -0.4 is 10.5 Å². The van der Waals surface area contributed by atoms with E-state index in [0.717, 1.165) is 31.7 Å². The zero-order chi connectivity index (χ0) is 14.4. The fourth-order valence-electron chi connectivity index (χ4n) is 2.16. The van der Waals surface area contributed by atoms with E-state index in [1.54, 1.807) is 0 Å². The average molecular weight is 264 g/mol. The van der Waals surface area contributed by atoms with Gasteiger partial charge in [0.2, 0.25) is 0 Å². The van der Waals surface area contributed by atoms with Gasteiger partial charge in [-0.2, -0.15) is 0 Å². The Morgan fingerprint density at radius 3 is 2.26 bits per heavy atom. The lowest BCUT2D eigenvalue weighted by Gasteiger charge is -2.17. The first-order chi connectivity index (χ1) is 8.93. The molecule has 2 N–H and O–H groups in total. The van der Waals surface area contributed by atoms with Crippen LogP contribution in [0.2, 0.25) is 0 Å². The predicted molar refractivity (Wildman–Crippen MR) is 81.9 cm³/mol. The molecule has 3 nitrogen and oxygen atoms in total. The minimum atomic E-state index is 0.249. The molecule has 0 aliphatic rings. The Bertz CT molecular complexity index is 379. The van der Waals surface area contributed by atoms with Crippen molar-refractivity contribution in [2.24, 2.45) is 5.73 Å². The Hall–Kier alpha value is -1.06. The van der Waals surface area contributed by atoms with Crippen LogP contribution in [0.25, 0.3) is 0 Å². The number of nitrogens with zero attached hydrogens (tertiary/aromatic N) is 1. The molecule has 0 saturated heterocycles. The van der Waals surface area contributed by atoms with Gasteiger partial charge < -0.3 is 15.4 Å². The van der Waals surface area contributed by atoms with Crippen molar-refractivity contribution in [3.63, 3.8) is 0 Å². The fraction of sp³-hybridized carbons (Fsp3) is 0.625. The van der Waals surface area contributed by atoms with Crippen LogP contribution in [0.5, 0.6) is 5.75 Å². The summed E-state index contributed by atoms with van der Waals surface area (Å²) >= 11 is 0. The number of aryl methyl sites for hydroxylation is 2. The van der Waals surface area contributed by atoms with Crippen LogP contribution in [0.1, 0.15) is 30.0 Å². The molecule has 3 heteroatoms. The molecule has 0 radical (unpaired) electrons. The van der Waals surface area contributed by atoms with Crippen molar-refractivity contribution in [2.75, 3.05) is 27.2 Å². The van der Waals surface area contributed by atoms with Gasteiger partial charge in [-0.3, -0.25) is 0 Å². The van der Waals surface area contributed by atoms with Gasteiger partial charge in [0, 0.05) is 12.6 Å². The Balaban J connectivity index is 2.74. The smallest absolute Gasteiger partial charge is 0.125 e. The second-order valence-electron chi connectivity index (χ2n) is 5.58. The summed E-state index contributed by atoms with van der Waals surface area (Å²) < 4.78 is 5.89. The summed E-state index contributed by atoms with van der Waals surface area (Å²) in [5.41, 5.74) is 9.74. The molecule has 1 unspecified atom stereocenters. The molecular weight excluding hydrogens is 236 g/mol. The van der Waals surface area contributed by atoms with E-state index in [0.29, 0.717) is 0 Å². The number of hydrogen-bond acceptors (Lipinski definition) is 3. The number of hydrogen-bond donors (Lipinski definition) is 1. The molecule has 0 fully saturated rings. The van der Waals surface area contributed by atoms with Crippen LogP contribution in [0.3, 0.4) is 0 Å². The minimum Gasteiger partial charge on any atom is -0.492 e. The summed E-state index contributed by atoms with van der Waals surface area (Å²) in [6.07, 6.45) is 1.95. The lowest BCUT2D eigenvalue weighted by atomic mass is 9.99. The van der Waals surface area contributed by atoms with Gasteiger partial charge in [0.15, 0.2) is 0 Å². The molecule has 0 aliphatic heterocycles. The van der Waals surface area contributed by atoms with E-state index in [4.69, 9.17) is 10.5 Å². The number of rotatable bonds is 7. The van der Waals surface area contributed by atoms with Gasteiger partial charge >= 0.3 is 0 Å². The average Bonchev–Trinajstić information content (AvgIpc) is 2.32. The van der Waals surface area contributed by atoms with Crippen LogP contribution >= 0.6 is 0 Å². The van der Waals surface area contributed by atoms with E-state index < -0.39 is 0 Å². The maximum Gasteiger partial charge on any atom is 0.125 e. The Kier molecular flexibility index (Phi) is 6.32. The molecule has 1 aromatic rings. The normalized spacial score (nSPS) is 12.8. The molecule has 0 spiro atoms.